The van der Waals surface area contributed by atoms with Gasteiger partial charge in [-0.1, -0.05) is 48.0 Å². The smallest absolute Gasteiger partial charge is 0.308 e. The number of hydrogen-bond acceptors (Lipinski definition) is 5. The second-order valence-electron chi connectivity index (χ2n) is 10.1. The van der Waals surface area contributed by atoms with Crippen molar-refractivity contribution in [2.24, 2.45) is 11.8 Å². The predicted octanol–water partition coefficient (Wildman–Crippen LogP) is 4.16. The first-order valence-corrected chi connectivity index (χ1v) is 13.5. The van der Waals surface area contributed by atoms with E-state index in [4.69, 9.17) is 11.6 Å². The number of carbonyl (C=O) groups is 3. The number of carboxylic acid groups (broad SMARTS) is 1. The Bertz CT molecular complexity index is 1240. The minimum Gasteiger partial charge on any atom is -0.481 e. The van der Waals surface area contributed by atoms with Crippen LogP contribution < -0.4 is 4.90 Å². The molecule has 0 aliphatic carbocycles. The van der Waals surface area contributed by atoms with Gasteiger partial charge in [-0.2, -0.15) is 0 Å². The SMILES string of the molecule is C=CCN(C(=O)C1N([C@H](CO)c2ccccc2)C(=O)[C@@H]2[C@@H](C(=O)O)[C@@]3(C)CCC12S3)c1ccc(Cl)cc1. The lowest BCUT2D eigenvalue weighted by molar-refractivity contribution is -0.150. The van der Waals surface area contributed by atoms with Crippen LogP contribution in [0.4, 0.5) is 5.69 Å². The average Bonchev–Trinajstić information content (AvgIpc) is 3.45. The molecule has 6 atom stereocenters. The molecule has 3 aliphatic rings. The predicted molar refractivity (Wildman–Crippen MR) is 143 cm³/mol. The van der Waals surface area contributed by atoms with Gasteiger partial charge in [-0.15, -0.1) is 18.3 Å². The number of anilines is 1. The molecular formula is C28H29ClN2O5S. The molecule has 0 aromatic heterocycles. The molecule has 2 aromatic carbocycles. The molecular weight excluding hydrogens is 512 g/mol. The largest absolute Gasteiger partial charge is 0.481 e. The zero-order valence-electron chi connectivity index (χ0n) is 20.4. The lowest BCUT2D eigenvalue weighted by Gasteiger charge is -2.39. The van der Waals surface area contributed by atoms with Crippen LogP contribution in [0, 0.1) is 11.8 Å². The van der Waals surface area contributed by atoms with Gasteiger partial charge < -0.3 is 20.0 Å². The monoisotopic (exact) mass is 540 g/mol. The van der Waals surface area contributed by atoms with Gasteiger partial charge in [-0.05, 0) is 49.6 Å². The van der Waals surface area contributed by atoms with Crippen molar-refractivity contribution in [3.05, 3.63) is 77.8 Å². The van der Waals surface area contributed by atoms with Crippen LogP contribution >= 0.6 is 23.4 Å². The lowest BCUT2D eigenvalue weighted by Crippen LogP contribution is -2.56. The third kappa shape index (κ3) is 3.88. The Morgan fingerprint density at radius 1 is 1.22 bits per heavy atom. The minimum atomic E-state index is -1.02. The van der Waals surface area contributed by atoms with Crippen molar-refractivity contribution in [1.29, 1.82) is 0 Å². The molecule has 3 heterocycles. The van der Waals surface area contributed by atoms with Gasteiger partial charge in [-0.25, -0.2) is 0 Å². The van der Waals surface area contributed by atoms with Crippen LogP contribution in [0.3, 0.4) is 0 Å². The van der Waals surface area contributed by atoms with Crippen LogP contribution in [0.2, 0.25) is 5.02 Å². The highest BCUT2D eigenvalue weighted by atomic mass is 35.5. The van der Waals surface area contributed by atoms with E-state index in [1.165, 1.54) is 16.7 Å². The number of fused-ring (bicyclic) bond motifs is 1. The molecule has 2 amide bonds. The van der Waals surface area contributed by atoms with Crippen LogP contribution in [0.1, 0.15) is 31.4 Å². The summed E-state index contributed by atoms with van der Waals surface area (Å²) in [5.74, 6) is -3.52. The number of carbonyl (C=O) groups excluding carboxylic acids is 2. The molecule has 0 saturated carbocycles. The molecule has 3 aliphatic heterocycles. The van der Waals surface area contributed by atoms with Gasteiger partial charge in [0.25, 0.3) is 5.91 Å². The summed E-state index contributed by atoms with van der Waals surface area (Å²) in [6.45, 7) is 5.51. The van der Waals surface area contributed by atoms with Crippen molar-refractivity contribution in [1.82, 2.24) is 4.90 Å². The van der Waals surface area contributed by atoms with Crippen LogP contribution in [-0.4, -0.2) is 61.6 Å². The van der Waals surface area contributed by atoms with Gasteiger partial charge in [-0.3, -0.25) is 14.4 Å². The summed E-state index contributed by atoms with van der Waals surface area (Å²) in [6, 6.07) is 14.2. The maximum absolute atomic E-state index is 14.5. The highest BCUT2D eigenvalue weighted by molar-refractivity contribution is 8.02. The summed E-state index contributed by atoms with van der Waals surface area (Å²) >= 11 is 7.56. The normalized spacial score (nSPS) is 30.7. The van der Waals surface area contributed by atoms with E-state index in [9.17, 15) is 24.6 Å². The number of likely N-dealkylation sites (tertiary alicyclic amines) is 1. The molecule has 2 bridgehead atoms. The van der Waals surface area contributed by atoms with Crippen molar-refractivity contribution < 1.29 is 24.6 Å². The Hall–Kier alpha value is -2.81. The molecule has 2 N–H and O–H groups in total. The van der Waals surface area contributed by atoms with Gasteiger partial charge in [0.05, 0.1) is 29.2 Å². The van der Waals surface area contributed by atoms with Gasteiger partial charge >= 0.3 is 5.97 Å². The van der Waals surface area contributed by atoms with Crippen LogP contribution in [-0.2, 0) is 14.4 Å². The second kappa shape index (κ2) is 9.49. The topological polar surface area (TPSA) is 98.2 Å². The molecule has 3 saturated heterocycles. The number of carboxylic acids is 1. The van der Waals surface area contributed by atoms with E-state index >= 15 is 0 Å². The first-order chi connectivity index (χ1) is 17.7. The second-order valence-corrected chi connectivity index (χ2v) is 12.5. The van der Waals surface area contributed by atoms with Crippen LogP contribution in [0.5, 0.6) is 0 Å². The summed E-state index contributed by atoms with van der Waals surface area (Å²) in [5.41, 5.74) is 1.28. The minimum absolute atomic E-state index is 0.194. The van der Waals surface area contributed by atoms with Crippen molar-refractivity contribution in [3.63, 3.8) is 0 Å². The van der Waals surface area contributed by atoms with E-state index in [1.54, 1.807) is 35.2 Å². The van der Waals surface area contributed by atoms with Crippen LogP contribution in [0.25, 0.3) is 0 Å². The van der Waals surface area contributed by atoms with Gasteiger partial charge in [0.1, 0.15) is 6.04 Å². The molecule has 2 unspecified atom stereocenters. The Morgan fingerprint density at radius 2 is 1.89 bits per heavy atom. The van der Waals surface area contributed by atoms with Crippen molar-refractivity contribution >= 4 is 46.8 Å². The zero-order chi connectivity index (χ0) is 26.5. The number of amides is 2. The number of halogens is 1. The maximum Gasteiger partial charge on any atom is 0.308 e. The third-order valence-electron chi connectivity index (χ3n) is 8.12. The van der Waals surface area contributed by atoms with Gasteiger partial charge in [0, 0.05) is 22.0 Å². The fraction of sp³-hybridized carbons (Fsp3) is 0.393. The molecule has 37 heavy (non-hydrogen) atoms. The number of benzene rings is 2. The number of nitrogens with zero attached hydrogens (tertiary/aromatic N) is 2. The highest BCUT2D eigenvalue weighted by Gasteiger charge is 2.78. The molecule has 0 radical (unpaired) electrons. The number of aliphatic hydroxyl groups excluding tert-OH is 1. The molecule has 5 rings (SSSR count). The number of aliphatic hydroxyl groups is 1. The maximum atomic E-state index is 14.5. The van der Waals surface area contributed by atoms with E-state index in [-0.39, 0.29) is 18.4 Å². The highest BCUT2D eigenvalue weighted by Crippen LogP contribution is 2.72. The van der Waals surface area contributed by atoms with E-state index in [2.05, 4.69) is 6.58 Å². The quantitative estimate of drug-likeness (QED) is 0.488. The summed E-state index contributed by atoms with van der Waals surface area (Å²) in [5, 5.41) is 21.3. The standard InChI is InChI=1S/C28H29ClN2O5S/c1-3-15-30(19-11-9-18(29)10-12-19)25(34)23-28-14-13-27(2,37-28)22(26(35)36)21(28)24(33)31(23)20(16-32)17-7-5-4-6-8-17/h3-12,20-23,32H,1,13-16H2,2H3,(H,35,36)/t20-,21+,22+,23?,27-,28?/m1/s1. The molecule has 9 heteroatoms. The van der Waals surface area contributed by atoms with Crippen molar-refractivity contribution in [3.8, 4) is 0 Å². The Morgan fingerprint density at radius 3 is 2.49 bits per heavy atom. The summed E-state index contributed by atoms with van der Waals surface area (Å²) < 4.78 is -1.57. The van der Waals surface area contributed by atoms with E-state index in [0.29, 0.717) is 29.1 Å². The Labute approximate surface area is 225 Å². The zero-order valence-corrected chi connectivity index (χ0v) is 22.0. The molecule has 7 nitrogen and oxygen atoms in total. The van der Waals surface area contributed by atoms with E-state index in [0.717, 1.165) is 0 Å². The van der Waals surface area contributed by atoms with Crippen LogP contribution in [0.15, 0.2) is 67.3 Å². The number of thioether (sulfide) groups is 1. The first-order valence-electron chi connectivity index (χ1n) is 12.3. The fourth-order valence-corrected chi connectivity index (χ4v) is 9.06. The third-order valence-corrected chi connectivity index (χ3v) is 10.4. The Kier molecular flexibility index (Phi) is 6.63. The molecule has 3 fully saturated rings. The molecule has 1 spiro atoms. The Balaban J connectivity index is 1.67. The lowest BCUT2D eigenvalue weighted by atomic mass is 9.66. The fourth-order valence-electron chi connectivity index (χ4n) is 6.60. The number of rotatable bonds is 8. The average molecular weight is 541 g/mol. The van der Waals surface area contributed by atoms with Crippen molar-refractivity contribution in [2.75, 3.05) is 18.1 Å². The van der Waals surface area contributed by atoms with Crippen molar-refractivity contribution in [2.45, 2.75) is 41.3 Å². The molecule has 2 aromatic rings. The molecule has 194 valence electrons. The summed E-state index contributed by atoms with van der Waals surface area (Å²) in [7, 11) is 0. The first kappa shape index (κ1) is 25.8. The van der Waals surface area contributed by atoms with E-state index in [1.807, 2.05) is 37.3 Å². The van der Waals surface area contributed by atoms with E-state index < -0.39 is 46.0 Å². The number of aliphatic carboxylic acids is 1. The number of hydrogen-bond donors (Lipinski definition) is 2. The van der Waals surface area contributed by atoms with Gasteiger partial charge in [0.2, 0.25) is 5.91 Å². The van der Waals surface area contributed by atoms with Gasteiger partial charge in [0.15, 0.2) is 0 Å². The summed E-state index contributed by atoms with van der Waals surface area (Å²) in [6.07, 6.45) is 2.74. The summed E-state index contributed by atoms with van der Waals surface area (Å²) in [4.78, 5) is 44.3.